The molecule has 7 nitrogen and oxygen atoms in total. The molecule has 23 heavy (non-hydrogen) atoms. The summed E-state index contributed by atoms with van der Waals surface area (Å²) in [5.41, 5.74) is 1.15. The Kier molecular flexibility index (Phi) is 3.45. The molecule has 0 bridgehead atoms. The predicted octanol–water partition coefficient (Wildman–Crippen LogP) is 2.02. The number of rotatable bonds is 4. The number of hydrogen-bond donors (Lipinski definition) is 2. The monoisotopic (exact) mass is 316 g/mol. The van der Waals surface area contributed by atoms with Gasteiger partial charge in [-0.3, -0.25) is 5.10 Å². The number of nitrogens with zero attached hydrogens (tertiary/aromatic N) is 4. The number of ether oxygens (including phenoxy) is 1. The molecule has 1 aliphatic heterocycles. The number of benzene rings is 1. The summed E-state index contributed by atoms with van der Waals surface area (Å²) >= 11 is 0. The first-order chi connectivity index (χ1) is 11.2. The molecule has 3 aromatic rings. The fraction of sp³-hybridized carbons (Fsp3) is 0.400. The fourth-order valence-electron chi connectivity index (χ4n) is 3.06. The van der Waals surface area contributed by atoms with Crippen LogP contribution in [0.2, 0.25) is 0 Å². The van der Waals surface area contributed by atoms with Gasteiger partial charge in [0.25, 0.3) is 0 Å². The first-order valence-corrected chi connectivity index (χ1v) is 7.55. The number of aromatic amines is 1. The number of H-pyrrole nitrogens is 1. The normalized spacial score (nSPS) is 21.1. The van der Waals surface area contributed by atoms with Crippen molar-refractivity contribution in [2.45, 2.75) is 12.5 Å². The van der Waals surface area contributed by atoms with Gasteiger partial charge in [0.1, 0.15) is 17.9 Å². The molecule has 0 amide bonds. The van der Waals surface area contributed by atoms with Gasteiger partial charge in [-0.2, -0.15) is 5.10 Å². The molecular weight excluding hydrogens is 299 g/mol. The summed E-state index contributed by atoms with van der Waals surface area (Å²) in [7, 11) is 1.87. The van der Waals surface area contributed by atoms with Gasteiger partial charge >= 0.3 is 0 Å². The van der Waals surface area contributed by atoms with Crippen molar-refractivity contribution in [2.24, 2.45) is 13.0 Å². The van der Waals surface area contributed by atoms with Crippen LogP contribution < -0.4 is 5.32 Å². The Morgan fingerprint density at radius 3 is 3.17 bits per heavy atom. The number of aryl methyl sites for hydroxylation is 1. The molecule has 1 fully saturated rings. The summed E-state index contributed by atoms with van der Waals surface area (Å²) < 4.78 is 21.4. The van der Waals surface area contributed by atoms with Crippen LogP contribution >= 0.6 is 0 Å². The van der Waals surface area contributed by atoms with E-state index in [-0.39, 0.29) is 17.8 Å². The number of imidazole rings is 1. The fourth-order valence-corrected chi connectivity index (χ4v) is 3.06. The molecule has 2 atom stereocenters. The van der Waals surface area contributed by atoms with Crippen molar-refractivity contribution in [1.29, 1.82) is 0 Å². The number of hydrogen-bond acceptors (Lipinski definition) is 5. The van der Waals surface area contributed by atoms with E-state index in [2.05, 4.69) is 25.5 Å². The van der Waals surface area contributed by atoms with Gasteiger partial charge in [0.2, 0.25) is 5.95 Å². The lowest BCUT2D eigenvalue weighted by Gasteiger charge is -2.17. The molecule has 4 rings (SSSR count). The van der Waals surface area contributed by atoms with Crippen LogP contribution in [0.15, 0.2) is 24.5 Å². The van der Waals surface area contributed by atoms with E-state index in [1.807, 2.05) is 17.7 Å². The molecule has 0 saturated carbocycles. The Balaban J connectivity index is 1.53. The summed E-state index contributed by atoms with van der Waals surface area (Å²) in [6.45, 7) is 1.36. The van der Waals surface area contributed by atoms with E-state index >= 15 is 0 Å². The van der Waals surface area contributed by atoms with Crippen LogP contribution in [0.4, 0.5) is 10.3 Å². The number of aromatic nitrogens is 5. The zero-order valence-corrected chi connectivity index (χ0v) is 12.7. The Morgan fingerprint density at radius 1 is 1.48 bits per heavy atom. The number of anilines is 1. The third kappa shape index (κ3) is 2.44. The van der Waals surface area contributed by atoms with Crippen LogP contribution in [0.1, 0.15) is 18.3 Å². The summed E-state index contributed by atoms with van der Waals surface area (Å²) in [4.78, 5) is 8.54. The highest BCUT2D eigenvalue weighted by Crippen LogP contribution is 2.32. The summed E-state index contributed by atoms with van der Waals surface area (Å²) in [5.74, 6) is 1.33. The predicted molar refractivity (Wildman–Crippen MR) is 82.3 cm³/mol. The number of para-hydroxylation sites is 1. The average molecular weight is 316 g/mol. The molecule has 0 spiro atoms. The Hall–Kier alpha value is -2.48. The third-order valence-electron chi connectivity index (χ3n) is 4.30. The minimum absolute atomic E-state index is 0.101. The highest BCUT2D eigenvalue weighted by atomic mass is 19.1. The quantitative estimate of drug-likeness (QED) is 0.770. The maximum absolute atomic E-state index is 13.8. The van der Waals surface area contributed by atoms with Crippen molar-refractivity contribution in [2.75, 3.05) is 18.5 Å². The van der Waals surface area contributed by atoms with E-state index in [9.17, 15) is 4.39 Å². The van der Waals surface area contributed by atoms with Gasteiger partial charge in [0.15, 0.2) is 11.6 Å². The second-order valence-corrected chi connectivity index (χ2v) is 5.69. The van der Waals surface area contributed by atoms with Crippen LogP contribution in [0, 0.1) is 11.7 Å². The van der Waals surface area contributed by atoms with Gasteiger partial charge in [0, 0.05) is 26.1 Å². The molecule has 2 aromatic heterocycles. The number of nitrogens with one attached hydrogen (secondary N) is 2. The van der Waals surface area contributed by atoms with Gasteiger partial charge in [0.05, 0.1) is 5.52 Å². The Bertz CT molecular complexity index is 815. The van der Waals surface area contributed by atoms with E-state index in [0.717, 1.165) is 17.8 Å². The molecule has 3 heterocycles. The van der Waals surface area contributed by atoms with Crippen LogP contribution in [0.3, 0.4) is 0 Å². The molecule has 8 heteroatoms. The maximum Gasteiger partial charge on any atom is 0.203 e. The van der Waals surface area contributed by atoms with E-state index in [1.165, 1.54) is 12.4 Å². The Morgan fingerprint density at radius 2 is 2.39 bits per heavy atom. The molecule has 120 valence electrons. The zero-order chi connectivity index (χ0) is 15.8. The van der Waals surface area contributed by atoms with Crippen molar-refractivity contribution in [3.05, 3.63) is 36.2 Å². The smallest absolute Gasteiger partial charge is 0.203 e. The maximum atomic E-state index is 13.8. The second-order valence-electron chi connectivity index (χ2n) is 5.69. The molecule has 2 N–H and O–H groups in total. The number of fused-ring (bicyclic) bond motifs is 1. The van der Waals surface area contributed by atoms with Crippen molar-refractivity contribution in [1.82, 2.24) is 24.7 Å². The first-order valence-electron chi connectivity index (χ1n) is 7.55. The summed E-state index contributed by atoms with van der Waals surface area (Å²) in [6, 6.07) is 4.96. The van der Waals surface area contributed by atoms with E-state index in [4.69, 9.17) is 4.74 Å². The highest BCUT2D eigenvalue weighted by molar-refractivity contribution is 5.79. The van der Waals surface area contributed by atoms with Crippen LogP contribution in [-0.4, -0.2) is 37.9 Å². The van der Waals surface area contributed by atoms with Gasteiger partial charge in [-0.15, -0.1) is 0 Å². The SMILES string of the molecule is Cn1c(NC[C@@H]2CCO[C@@H]2c2ncn[nH]2)nc2c(F)cccc21. The molecule has 1 saturated heterocycles. The first kappa shape index (κ1) is 14.1. The standard InChI is InChI=1S/C15H17FN6O/c1-22-11-4-2-3-10(16)12(11)20-15(22)17-7-9-5-6-23-13(9)14-18-8-19-21-14/h2-4,8-9,13H,5-7H2,1H3,(H,17,20)(H,18,19,21)/t9-,13-/m0/s1. The van der Waals surface area contributed by atoms with Crippen LogP contribution in [0.5, 0.6) is 0 Å². The number of halogens is 1. The van der Waals surface area contributed by atoms with E-state index in [0.29, 0.717) is 24.6 Å². The van der Waals surface area contributed by atoms with Gasteiger partial charge < -0.3 is 14.6 Å². The minimum Gasteiger partial charge on any atom is -0.370 e. The lowest BCUT2D eigenvalue weighted by molar-refractivity contribution is 0.0864. The van der Waals surface area contributed by atoms with Crippen molar-refractivity contribution in [3.63, 3.8) is 0 Å². The van der Waals surface area contributed by atoms with E-state index in [1.54, 1.807) is 6.07 Å². The van der Waals surface area contributed by atoms with Gasteiger partial charge in [-0.05, 0) is 18.6 Å². The minimum atomic E-state index is -0.310. The van der Waals surface area contributed by atoms with Crippen LogP contribution in [0.25, 0.3) is 11.0 Å². The van der Waals surface area contributed by atoms with Crippen LogP contribution in [-0.2, 0) is 11.8 Å². The highest BCUT2D eigenvalue weighted by Gasteiger charge is 2.31. The van der Waals surface area contributed by atoms with Crippen molar-refractivity contribution >= 4 is 17.0 Å². The Labute approximate surface area is 131 Å². The lowest BCUT2D eigenvalue weighted by atomic mass is 10.0. The largest absolute Gasteiger partial charge is 0.370 e. The molecular formula is C15H17FN6O. The van der Waals surface area contributed by atoms with Gasteiger partial charge in [-0.25, -0.2) is 14.4 Å². The van der Waals surface area contributed by atoms with Crippen molar-refractivity contribution in [3.8, 4) is 0 Å². The van der Waals surface area contributed by atoms with E-state index < -0.39 is 0 Å². The topological polar surface area (TPSA) is 80.6 Å². The summed E-state index contributed by atoms with van der Waals surface area (Å²) in [6.07, 6.45) is 2.31. The molecule has 1 aromatic carbocycles. The zero-order valence-electron chi connectivity index (χ0n) is 12.7. The molecule has 1 aliphatic rings. The third-order valence-corrected chi connectivity index (χ3v) is 4.30. The second kappa shape index (κ2) is 5.62. The molecule has 0 radical (unpaired) electrons. The van der Waals surface area contributed by atoms with Gasteiger partial charge in [-0.1, -0.05) is 6.07 Å². The lowest BCUT2D eigenvalue weighted by Crippen LogP contribution is -2.20. The molecule has 0 aliphatic carbocycles. The van der Waals surface area contributed by atoms with Crippen molar-refractivity contribution < 1.29 is 9.13 Å². The average Bonchev–Trinajstić information content (AvgIpc) is 3.26. The molecule has 0 unspecified atom stereocenters. The summed E-state index contributed by atoms with van der Waals surface area (Å²) in [5, 5.41) is 10.0.